The maximum Gasteiger partial charge on any atom is 0.255 e. The number of carbonyl (C=O) groups excluding carboxylic acids is 1. The molecule has 1 fully saturated rings. The summed E-state index contributed by atoms with van der Waals surface area (Å²) in [4.78, 5) is 14.4. The molecule has 1 heterocycles. The predicted octanol–water partition coefficient (Wildman–Crippen LogP) is 3.68. The molecule has 4 heteroatoms. The van der Waals surface area contributed by atoms with Crippen LogP contribution in [0.5, 0.6) is 0 Å². The first-order valence-corrected chi connectivity index (χ1v) is 7.15. The Hall–Kier alpha value is -2.36. The molecule has 0 radical (unpaired) electrons. The van der Waals surface area contributed by atoms with Crippen LogP contribution in [0.3, 0.4) is 0 Å². The number of rotatable bonds is 3. The SMILES string of the molecule is O=C(Nc1ccccc1F)c1ccc(N2CCCC2)cc1. The van der Waals surface area contributed by atoms with Crippen LogP contribution in [0, 0.1) is 5.82 Å². The number of nitrogens with zero attached hydrogens (tertiary/aromatic N) is 1. The van der Waals surface area contributed by atoms with Crippen LogP contribution in [0.2, 0.25) is 0 Å². The summed E-state index contributed by atoms with van der Waals surface area (Å²) in [5, 5.41) is 2.59. The molecule has 0 atom stereocenters. The third-order valence-corrected chi connectivity index (χ3v) is 3.72. The molecule has 0 aliphatic carbocycles. The molecular weight excluding hydrogens is 267 g/mol. The van der Waals surface area contributed by atoms with Gasteiger partial charge in [-0.2, -0.15) is 0 Å². The van der Waals surface area contributed by atoms with E-state index in [9.17, 15) is 9.18 Å². The van der Waals surface area contributed by atoms with Gasteiger partial charge in [-0.3, -0.25) is 4.79 Å². The number of benzene rings is 2. The number of hydrogen-bond acceptors (Lipinski definition) is 2. The zero-order valence-electron chi connectivity index (χ0n) is 11.7. The van der Waals surface area contributed by atoms with Gasteiger partial charge >= 0.3 is 0 Å². The Morgan fingerprint density at radius 3 is 2.33 bits per heavy atom. The van der Waals surface area contributed by atoms with Crippen molar-refractivity contribution in [3.63, 3.8) is 0 Å². The highest BCUT2D eigenvalue weighted by Gasteiger charge is 2.13. The van der Waals surface area contributed by atoms with Crippen LogP contribution in [-0.2, 0) is 0 Å². The molecule has 3 nitrogen and oxygen atoms in total. The molecule has 108 valence electrons. The molecule has 1 aliphatic rings. The molecular formula is C17H17FN2O. The number of hydrogen-bond donors (Lipinski definition) is 1. The average molecular weight is 284 g/mol. The minimum absolute atomic E-state index is 0.200. The predicted molar refractivity (Wildman–Crippen MR) is 82.2 cm³/mol. The third kappa shape index (κ3) is 3.05. The van der Waals surface area contributed by atoms with Gasteiger partial charge in [-0.1, -0.05) is 12.1 Å². The summed E-state index contributed by atoms with van der Waals surface area (Å²) in [6.07, 6.45) is 2.44. The van der Waals surface area contributed by atoms with Gasteiger partial charge in [0.1, 0.15) is 5.82 Å². The van der Waals surface area contributed by atoms with E-state index < -0.39 is 5.82 Å². The topological polar surface area (TPSA) is 32.3 Å². The fourth-order valence-electron chi connectivity index (χ4n) is 2.56. The highest BCUT2D eigenvalue weighted by Crippen LogP contribution is 2.21. The Balaban J connectivity index is 1.71. The second-order valence-electron chi connectivity index (χ2n) is 5.17. The Bertz CT molecular complexity index is 633. The van der Waals surface area contributed by atoms with Crippen LogP contribution in [0.4, 0.5) is 15.8 Å². The number of amides is 1. The van der Waals surface area contributed by atoms with Crippen molar-refractivity contribution in [2.24, 2.45) is 0 Å². The first-order chi connectivity index (χ1) is 10.2. The highest BCUT2D eigenvalue weighted by molar-refractivity contribution is 6.04. The van der Waals surface area contributed by atoms with Gasteiger partial charge in [-0.05, 0) is 49.2 Å². The van der Waals surface area contributed by atoms with Crippen LogP contribution >= 0.6 is 0 Å². The maximum atomic E-state index is 13.5. The Kier molecular flexibility index (Phi) is 3.86. The molecule has 0 spiro atoms. The fourth-order valence-corrected chi connectivity index (χ4v) is 2.56. The normalized spacial score (nSPS) is 14.2. The molecule has 0 bridgehead atoms. The van der Waals surface area contributed by atoms with Gasteiger partial charge in [-0.15, -0.1) is 0 Å². The minimum Gasteiger partial charge on any atom is -0.372 e. The van der Waals surface area contributed by atoms with E-state index in [0.717, 1.165) is 18.8 Å². The van der Waals surface area contributed by atoms with Crippen molar-refractivity contribution < 1.29 is 9.18 Å². The summed E-state index contributed by atoms with van der Waals surface area (Å²) >= 11 is 0. The molecule has 0 saturated carbocycles. The molecule has 2 aromatic carbocycles. The maximum absolute atomic E-state index is 13.5. The van der Waals surface area contributed by atoms with Crippen LogP contribution in [-0.4, -0.2) is 19.0 Å². The Morgan fingerprint density at radius 1 is 1.00 bits per heavy atom. The lowest BCUT2D eigenvalue weighted by atomic mass is 10.1. The summed E-state index contributed by atoms with van der Waals surface area (Å²) in [6, 6.07) is 13.6. The van der Waals surface area contributed by atoms with Gasteiger partial charge in [0.15, 0.2) is 0 Å². The summed E-state index contributed by atoms with van der Waals surface area (Å²) < 4.78 is 13.5. The lowest BCUT2D eigenvalue weighted by molar-refractivity contribution is 0.102. The van der Waals surface area contributed by atoms with Crippen LogP contribution < -0.4 is 10.2 Å². The quantitative estimate of drug-likeness (QED) is 0.932. The van der Waals surface area contributed by atoms with Crippen LogP contribution in [0.25, 0.3) is 0 Å². The fraction of sp³-hybridized carbons (Fsp3) is 0.235. The van der Waals surface area contributed by atoms with Gasteiger partial charge in [0.25, 0.3) is 5.91 Å². The highest BCUT2D eigenvalue weighted by atomic mass is 19.1. The van der Waals surface area contributed by atoms with Gasteiger partial charge in [0.2, 0.25) is 0 Å². The molecule has 2 aromatic rings. The Morgan fingerprint density at radius 2 is 1.67 bits per heavy atom. The van der Waals surface area contributed by atoms with E-state index in [1.807, 2.05) is 12.1 Å². The molecule has 0 aromatic heterocycles. The van der Waals surface area contributed by atoms with Crippen molar-refractivity contribution in [2.45, 2.75) is 12.8 Å². The van der Waals surface area contributed by atoms with Crippen molar-refractivity contribution in [1.29, 1.82) is 0 Å². The molecule has 1 saturated heterocycles. The zero-order valence-corrected chi connectivity index (χ0v) is 11.7. The molecule has 1 aliphatic heterocycles. The molecule has 3 rings (SSSR count). The number of para-hydroxylation sites is 1. The van der Waals surface area contributed by atoms with E-state index >= 15 is 0 Å². The van der Waals surface area contributed by atoms with Crippen molar-refractivity contribution in [3.8, 4) is 0 Å². The number of anilines is 2. The smallest absolute Gasteiger partial charge is 0.255 e. The van der Waals surface area contributed by atoms with E-state index in [1.54, 1.807) is 30.3 Å². The van der Waals surface area contributed by atoms with Crippen LogP contribution in [0.15, 0.2) is 48.5 Å². The molecule has 1 N–H and O–H groups in total. The van der Waals surface area contributed by atoms with Crippen LogP contribution in [0.1, 0.15) is 23.2 Å². The van der Waals surface area contributed by atoms with Crippen molar-refractivity contribution in [3.05, 3.63) is 59.9 Å². The average Bonchev–Trinajstić information content (AvgIpc) is 3.04. The second kappa shape index (κ2) is 5.95. The molecule has 21 heavy (non-hydrogen) atoms. The first kappa shape index (κ1) is 13.6. The zero-order chi connectivity index (χ0) is 14.7. The minimum atomic E-state index is -0.431. The van der Waals surface area contributed by atoms with Gasteiger partial charge < -0.3 is 10.2 Å². The standard InChI is InChI=1S/C17H17FN2O/c18-15-5-1-2-6-16(15)19-17(21)13-7-9-14(10-8-13)20-11-3-4-12-20/h1-2,5-10H,3-4,11-12H2,(H,19,21). The number of nitrogens with one attached hydrogen (secondary N) is 1. The van der Waals surface area contributed by atoms with Gasteiger partial charge in [0.05, 0.1) is 5.69 Å². The summed E-state index contributed by atoms with van der Waals surface area (Å²) in [5.74, 6) is -0.729. The Labute approximate surface area is 123 Å². The van der Waals surface area contributed by atoms with Crippen molar-refractivity contribution >= 4 is 17.3 Å². The summed E-state index contributed by atoms with van der Waals surface area (Å²) in [6.45, 7) is 2.14. The lowest BCUT2D eigenvalue weighted by Crippen LogP contribution is -2.18. The number of carbonyl (C=O) groups is 1. The second-order valence-corrected chi connectivity index (χ2v) is 5.17. The van der Waals surface area contributed by atoms with Gasteiger partial charge in [0, 0.05) is 24.3 Å². The third-order valence-electron chi connectivity index (χ3n) is 3.72. The van der Waals surface area contributed by atoms with E-state index in [2.05, 4.69) is 10.2 Å². The summed E-state index contributed by atoms with van der Waals surface area (Å²) in [7, 11) is 0. The van der Waals surface area contributed by atoms with Gasteiger partial charge in [-0.25, -0.2) is 4.39 Å². The molecule has 0 unspecified atom stereocenters. The first-order valence-electron chi connectivity index (χ1n) is 7.15. The van der Waals surface area contributed by atoms with E-state index in [1.165, 1.54) is 18.9 Å². The van der Waals surface area contributed by atoms with E-state index in [0.29, 0.717) is 5.56 Å². The van der Waals surface area contributed by atoms with Crippen molar-refractivity contribution in [1.82, 2.24) is 0 Å². The lowest BCUT2D eigenvalue weighted by Gasteiger charge is -2.17. The monoisotopic (exact) mass is 284 g/mol. The summed E-state index contributed by atoms with van der Waals surface area (Å²) in [5.41, 5.74) is 1.86. The van der Waals surface area contributed by atoms with E-state index in [4.69, 9.17) is 0 Å². The largest absolute Gasteiger partial charge is 0.372 e. The number of halogens is 1. The molecule has 1 amide bonds. The van der Waals surface area contributed by atoms with E-state index in [-0.39, 0.29) is 11.6 Å². The van der Waals surface area contributed by atoms with Crippen molar-refractivity contribution in [2.75, 3.05) is 23.3 Å².